The van der Waals surface area contributed by atoms with Gasteiger partial charge < -0.3 is 0 Å². The van der Waals surface area contributed by atoms with E-state index in [1.54, 1.807) is 17.0 Å². The topological polar surface area (TPSA) is 30.0 Å². The summed E-state index contributed by atoms with van der Waals surface area (Å²) in [6.45, 7) is 0. The lowest BCUT2D eigenvalue weighted by Gasteiger charge is -2.03. The molecule has 0 amide bonds. The Hall–Kier alpha value is -1.26. The molecule has 1 aromatic heterocycles. The number of nitrogens with zero attached hydrogens (tertiary/aromatic N) is 1. The van der Waals surface area contributed by atoms with E-state index in [1.165, 1.54) is 23.5 Å². The van der Waals surface area contributed by atoms with Crippen LogP contribution in [0.4, 0.5) is 4.39 Å². The van der Waals surface area contributed by atoms with E-state index in [2.05, 4.69) is 4.98 Å². The number of carbonyl (C=O) groups excluding carboxylic acids is 1. The number of rotatable bonds is 3. The van der Waals surface area contributed by atoms with E-state index in [-0.39, 0.29) is 22.8 Å². The van der Waals surface area contributed by atoms with Crippen molar-refractivity contribution in [3.8, 4) is 0 Å². The molecule has 16 heavy (non-hydrogen) atoms. The summed E-state index contributed by atoms with van der Waals surface area (Å²) in [7, 11) is 0. The summed E-state index contributed by atoms with van der Waals surface area (Å²) in [5.74, 6) is -0.690. The molecule has 2 nitrogen and oxygen atoms in total. The third-order valence-electron chi connectivity index (χ3n) is 2.12. The molecule has 0 spiro atoms. The van der Waals surface area contributed by atoms with Gasteiger partial charge in [-0.2, -0.15) is 0 Å². The van der Waals surface area contributed by atoms with Crippen LogP contribution in [0.2, 0.25) is 5.02 Å². The SMILES string of the molecule is O=C(Cc1c(F)cccc1Cl)c1cscn1. The van der Waals surface area contributed by atoms with Crippen LogP contribution in [0.1, 0.15) is 16.1 Å². The predicted octanol–water partition coefficient (Wildman–Crippen LogP) is 3.36. The van der Waals surface area contributed by atoms with Crippen molar-refractivity contribution in [1.82, 2.24) is 4.98 Å². The van der Waals surface area contributed by atoms with Gasteiger partial charge in [0.1, 0.15) is 11.5 Å². The lowest BCUT2D eigenvalue weighted by atomic mass is 10.1. The number of Topliss-reactive ketones (excluding diaryl/α,β-unsaturated/α-hetero) is 1. The van der Waals surface area contributed by atoms with Crippen LogP contribution in [0.3, 0.4) is 0 Å². The lowest BCUT2D eigenvalue weighted by Crippen LogP contribution is -2.06. The third-order valence-corrected chi connectivity index (χ3v) is 3.06. The van der Waals surface area contributed by atoms with E-state index >= 15 is 0 Å². The Morgan fingerprint density at radius 3 is 2.94 bits per heavy atom. The summed E-state index contributed by atoms with van der Waals surface area (Å²) in [5, 5.41) is 1.90. The number of thiazole rings is 1. The van der Waals surface area contributed by atoms with Crippen LogP contribution in [0.25, 0.3) is 0 Å². The van der Waals surface area contributed by atoms with E-state index in [0.29, 0.717) is 5.69 Å². The molecule has 0 bridgehead atoms. The first-order valence-corrected chi connectivity index (χ1v) is 5.85. The van der Waals surface area contributed by atoms with Gasteiger partial charge in [0, 0.05) is 22.4 Å². The molecule has 0 unspecified atom stereocenters. The van der Waals surface area contributed by atoms with Crippen LogP contribution < -0.4 is 0 Å². The van der Waals surface area contributed by atoms with Gasteiger partial charge in [-0.1, -0.05) is 17.7 Å². The van der Waals surface area contributed by atoms with Crippen LogP contribution in [-0.2, 0) is 6.42 Å². The molecular weight excluding hydrogens is 249 g/mol. The van der Waals surface area contributed by atoms with Crippen LogP contribution in [0, 0.1) is 5.82 Å². The van der Waals surface area contributed by atoms with Gasteiger partial charge in [0.15, 0.2) is 5.78 Å². The number of halogens is 2. The highest BCUT2D eigenvalue weighted by Gasteiger charge is 2.14. The van der Waals surface area contributed by atoms with Crippen LogP contribution in [-0.4, -0.2) is 10.8 Å². The third kappa shape index (κ3) is 2.28. The fourth-order valence-electron chi connectivity index (χ4n) is 1.30. The average Bonchev–Trinajstić information content (AvgIpc) is 2.76. The molecular formula is C11H7ClFNOS. The molecule has 0 aliphatic heterocycles. The van der Waals surface area contributed by atoms with E-state index < -0.39 is 5.82 Å². The molecule has 0 saturated heterocycles. The number of hydrogen-bond acceptors (Lipinski definition) is 3. The van der Waals surface area contributed by atoms with Gasteiger partial charge in [-0.25, -0.2) is 9.37 Å². The van der Waals surface area contributed by atoms with Gasteiger partial charge in [-0.15, -0.1) is 11.3 Å². The minimum atomic E-state index is -0.462. The Kier molecular flexibility index (Phi) is 3.31. The first-order chi connectivity index (χ1) is 7.68. The quantitative estimate of drug-likeness (QED) is 0.787. The number of carbonyl (C=O) groups is 1. The van der Waals surface area contributed by atoms with Gasteiger partial charge in [-0.05, 0) is 12.1 Å². The Balaban J connectivity index is 2.25. The van der Waals surface area contributed by atoms with Gasteiger partial charge in [-0.3, -0.25) is 4.79 Å². The minimum absolute atomic E-state index is 0.0603. The van der Waals surface area contributed by atoms with Crippen molar-refractivity contribution in [2.75, 3.05) is 0 Å². The van der Waals surface area contributed by atoms with Crippen molar-refractivity contribution < 1.29 is 9.18 Å². The molecule has 2 rings (SSSR count). The molecule has 1 heterocycles. The molecule has 0 fully saturated rings. The lowest BCUT2D eigenvalue weighted by molar-refractivity contribution is 0.0988. The molecule has 1 aromatic carbocycles. The maximum Gasteiger partial charge on any atom is 0.186 e. The highest BCUT2D eigenvalue weighted by molar-refractivity contribution is 7.07. The molecule has 0 radical (unpaired) electrons. The summed E-state index contributed by atoms with van der Waals surface area (Å²) in [5.41, 5.74) is 2.14. The fraction of sp³-hybridized carbons (Fsp3) is 0.0909. The van der Waals surface area contributed by atoms with Crippen molar-refractivity contribution in [2.45, 2.75) is 6.42 Å². The zero-order valence-electron chi connectivity index (χ0n) is 8.11. The number of aromatic nitrogens is 1. The largest absolute Gasteiger partial charge is 0.292 e. The molecule has 5 heteroatoms. The summed E-state index contributed by atoms with van der Waals surface area (Å²) in [6.07, 6.45) is -0.0603. The Morgan fingerprint density at radius 2 is 2.31 bits per heavy atom. The summed E-state index contributed by atoms with van der Waals surface area (Å²) >= 11 is 7.15. The van der Waals surface area contributed by atoms with Gasteiger partial charge in [0.25, 0.3) is 0 Å². The molecule has 0 aliphatic carbocycles. The molecule has 2 aromatic rings. The molecule has 0 atom stereocenters. The zero-order chi connectivity index (χ0) is 11.5. The predicted molar refractivity (Wildman–Crippen MR) is 61.6 cm³/mol. The number of ketones is 1. The average molecular weight is 256 g/mol. The number of benzene rings is 1. The Labute approximate surface area is 101 Å². The van der Waals surface area contributed by atoms with Crippen molar-refractivity contribution in [1.29, 1.82) is 0 Å². The van der Waals surface area contributed by atoms with Crippen molar-refractivity contribution in [3.05, 3.63) is 51.2 Å². The minimum Gasteiger partial charge on any atom is -0.292 e. The van der Waals surface area contributed by atoms with E-state index in [0.717, 1.165) is 0 Å². The van der Waals surface area contributed by atoms with Gasteiger partial charge >= 0.3 is 0 Å². The zero-order valence-corrected chi connectivity index (χ0v) is 9.69. The summed E-state index contributed by atoms with van der Waals surface area (Å²) in [4.78, 5) is 15.6. The maximum absolute atomic E-state index is 13.4. The Morgan fingerprint density at radius 1 is 1.50 bits per heavy atom. The maximum atomic E-state index is 13.4. The second kappa shape index (κ2) is 4.72. The highest BCUT2D eigenvalue weighted by Crippen LogP contribution is 2.20. The normalized spacial score (nSPS) is 10.4. The van der Waals surface area contributed by atoms with Gasteiger partial charge in [0.2, 0.25) is 0 Å². The van der Waals surface area contributed by atoms with E-state index in [9.17, 15) is 9.18 Å². The second-order valence-corrected chi connectivity index (χ2v) is 4.30. The van der Waals surface area contributed by atoms with Crippen LogP contribution in [0.15, 0.2) is 29.1 Å². The smallest absolute Gasteiger partial charge is 0.186 e. The van der Waals surface area contributed by atoms with Crippen LogP contribution >= 0.6 is 22.9 Å². The summed E-state index contributed by atoms with van der Waals surface area (Å²) in [6, 6.07) is 4.36. The Bertz CT molecular complexity index is 492. The second-order valence-electron chi connectivity index (χ2n) is 3.17. The highest BCUT2D eigenvalue weighted by atomic mass is 35.5. The molecule has 0 N–H and O–H groups in total. The monoisotopic (exact) mass is 255 g/mol. The molecule has 0 saturated carbocycles. The number of hydrogen-bond donors (Lipinski definition) is 0. The first-order valence-electron chi connectivity index (χ1n) is 4.53. The standard InChI is InChI=1S/C11H7ClFNOS/c12-8-2-1-3-9(13)7(8)4-11(15)10-5-16-6-14-10/h1-3,5-6H,4H2. The molecule has 82 valence electrons. The van der Waals surface area contributed by atoms with Crippen molar-refractivity contribution in [2.24, 2.45) is 0 Å². The van der Waals surface area contributed by atoms with Crippen molar-refractivity contribution >= 4 is 28.7 Å². The fourth-order valence-corrected chi connectivity index (χ4v) is 2.09. The van der Waals surface area contributed by atoms with E-state index in [4.69, 9.17) is 11.6 Å². The van der Waals surface area contributed by atoms with Crippen molar-refractivity contribution in [3.63, 3.8) is 0 Å². The summed E-state index contributed by atoms with van der Waals surface area (Å²) < 4.78 is 13.4. The molecule has 0 aliphatic rings. The van der Waals surface area contributed by atoms with E-state index in [1.807, 2.05) is 0 Å². The van der Waals surface area contributed by atoms with Crippen LogP contribution in [0.5, 0.6) is 0 Å². The first kappa shape index (κ1) is 11.2. The van der Waals surface area contributed by atoms with Gasteiger partial charge in [0.05, 0.1) is 5.51 Å².